The molecule has 0 radical (unpaired) electrons. The van der Waals surface area contributed by atoms with Crippen LogP contribution < -0.4 is 5.32 Å². The van der Waals surface area contributed by atoms with E-state index >= 15 is 0 Å². The molecule has 0 spiro atoms. The van der Waals surface area contributed by atoms with Crippen LogP contribution in [0.4, 0.5) is 0 Å². The number of carbonyl (C=O) groups excluding carboxylic acids is 1. The first kappa shape index (κ1) is 13.4. The molecule has 4 nitrogen and oxygen atoms in total. The second kappa shape index (κ2) is 6.23. The molecule has 0 saturated carbocycles. The number of rotatable bonds is 2. The van der Waals surface area contributed by atoms with Crippen LogP contribution in [0.1, 0.15) is 44.9 Å². The molecule has 2 unspecified atom stereocenters. The molecule has 3 saturated heterocycles. The smallest absolute Gasteiger partial charge is 0.251 e. The van der Waals surface area contributed by atoms with Crippen LogP contribution in [0.25, 0.3) is 0 Å². The van der Waals surface area contributed by atoms with Gasteiger partial charge in [0.05, 0.1) is 0 Å². The zero-order valence-electron chi connectivity index (χ0n) is 11.8. The summed E-state index contributed by atoms with van der Waals surface area (Å²) in [5.74, 6) is 0.983. The van der Waals surface area contributed by atoms with Crippen molar-refractivity contribution >= 4 is 5.91 Å². The Hall–Kier alpha value is -0.610. The van der Waals surface area contributed by atoms with Gasteiger partial charge in [0, 0.05) is 19.2 Å². The lowest BCUT2D eigenvalue weighted by Gasteiger charge is -2.36. The first-order chi connectivity index (χ1) is 9.36. The van der Waals surface area contributed by atoms with Crippen LogP contribution in [-0.2, 0) is 9.53 Å². The van der Waals surface area contributed by atoms with Gasteiger partial charge in [0.15, 0.2) is 0 Å². The second-order valence-corrected chi connectivity index (χ2v) is 6.18. The summed E-state index contributed by atoms with van der Waals surface area (Å²) in [5, 5.41) is 3.42. The van der Waals surface area contributed by atoms with Gasteiger partial charge in [-0.1, -0.05) is 0 Å². The lowest BCUT2D eigenvalue weighted by Crippen LogP contribution is -2.48. The van der Waals surface area contributed by atoms with Gasteiger partial charge in [-0.2, -0.15) is 0 Å². The van der Waals surface area contributed by atoms with Crippen LogP contribution in [0, 0.1) is 5.92 Å². The van der Waals surface area contributed by atoms with Crippen LogP contribution in [-0.4, -0.2) is 49.2 Å². The molecule has 3 fully saturated rings. The third-order valence-corrected chi connectivity index (χ3v) is 4.97. The van der Waals surface area contributed by atoms with Gasteiger partial charge in [-0.15, -0.1) is 0 Å². The topological polar surface area (TPSA) is 41.6 Å². The molecule has 0 aromatic rings. The molecule has 3 aliphatic rings. The van der Waals surface area contributed by atoms with Crippen molar-refractivity contribution in [2.75, 3.05) is 26.2 Å². The quantitative estimate of drug-likeness (QED) is 0.824. The lowest BCUT2D eigenvalue weighted by molar-refractivity contribution is -0.148. The van der Waals surface area contributed by atoms with Crippen molar-refractivity contribution in [1.82, 2.24) is 10.2 Å². The van der Waals surface area contributed by atoms with Crippen molar-refractivity contribution in [2.24, 2.45) is 5.92 Å². The first-order valence-corrected chi connectivity index (χ1v) is 7.99. The summed E-state index contributed by atoms with van der Waals surface area (Å²) in [6, 6.07) is 0.486. The monoisotopic (exact) mass is 266 g/mol. The van der Waals surface area contributed by atoms with Crippen molar-refractivity contribution < 1.29 is 9.53 Å². The highest BCUT2D eigenvalue weighted by Crippen LogP contribution is 2.31. The standard InChI is InChI=1S/C15H26N2O2/c18-15(14-5-1-2-11-19-14)17-10-3-4-13(17)12-6-8-16-9-7-12/h12-14,16H,1-11H2. The molecule has 2 atom stereocenters. The van der Waals surface area contributed by atoms with Gasteiger partial charge >= 0.3 is 0 Å². The minimum atomic E-state index is -0.143. The summed E-state index contributed by atoms with van der Waals surface area (Å²) in [7, 11) is 0. The molecular formula is C15H26N2O2. The lowest BCUT2D eigenvalue weighted by atomic mass is 9.88. The van der Waals surface area contributed by atoms with Crippen LogP contribution in [0.15, 0.2) is 0 Å². The van der Waals surface area contributed by atoms with Crippen molar-refractivity contribution in [3.8, 4) is 0 Å². The van der Waals surface area contributed by atoms with Crippen LogP contribution in [0.3, 0.4) is 0 Å². The first-order valence-electron chi connectivity index (χ1n) is 7.99. The Bertz CT molecular complexity index is 309. The number of ether oxygens (including phenoxy) is 1. The molecule has 0 aromatic carbocycles. The zero-order chi connectivity index (χ0) is 13.1. The summed E-state index contributed by atoms with van der Waals surface area (Å²) < 4.78 is 5.68. The molecular weight excluding hydrogens is 240 g/mol. The highest BCUT2D eigenvalue weighted by molar-refractivity contribution is 5.81. The molecule has 0 aromatic heterocycles. The molecule has 0 aliphatic carbocycles. The molecule has 0 bridgehead atoms. The number of hydrogen-bond acceptors (Lipinski definition) is 3. The van der Waals surface area contributed by atoms with E-state index in [4.69, 9.17) is 4.74 Å². The summed E-state index contributed by atoms with van der Waals surface area (Å²) in [4.78, 5) is 14.8. The van der Waals surface area contributed by atoms with Crippen molar-refractivity contribution in [1.29, 1.82) is 0 Å². The molecule has 19 heavy (non-hydrogen) atoms. The second-order valence-electron chi connectivity index (χ2n) is 6.18. The van der Waals surface area contributed by atoms with Crippen LogP contribution in [0.2, 0.25) is 0 Å². The van der Waals surface area contributed by atoms with Gasteiger partial charge in [-0.3, -0.25) is 4.79 Å². The van der Waals surface area contributed by atoms with E-state index in [1.54, 1.807) is 0 Å². The third kappa shape index (κ3) is 2.95. The molecule has 1 amide bonds. The van der Waals surface area contributed by atoms with E-state index in [9.17, 15) is 4.79 Å². The Labute approximate surface area is 115 Å². The van der Waals surface area contributed by atoms with Gasteiger partial charge < -0.3 is 15.0 Å². The van der Waals surface area contributed by atoms with E-state index in [0.717, 1.165) is 45.5 Å². The maximum Gasteiger partial charge on any atom is 0.251 e. The van der Waals surface area contributed by atoms with Gasteiger partial charge in [0.2, 0.25) is 0 Å². The number of piperidine rings is 1. The SMILES string of the molecule is O=C(C1CCCCO1)N1CCCC1C1CCNCC1. The Morgan fingerprint density at radius 2 is 1.89 bits per heavy atom. The van der Waals surface area contributed by atoms with E-state index < -0.39 is 0 Å². The van der Waals surface area contributed by atoms with E-state index in [0.29, 0.717) is 12.0 Å². The van der Waals surface area contributed by atoms with E-state index in [-0.39, 0.29) is 12.0 Å². The maximum atomic E-state index is 12.6. The van der Waals surface area contributed by atoms with E-state index in [2.05, 4.69) is 10.2 Å². The fourth-order valence-corrected chi connectivity index (χ4v) is 3.91. The predicted molar refractivity (Wildman–Crippen MR) is 73.9 cm³/mol. The molecule has 3 aliphatic heterocycles. The highest BCUT2D eigenvalue weighted by Gasteiger charge is 2.38. The Balaban J connectivity index is 1.62. The summed E-state index contributed by atoms with van der Waals surface area (Å²) in [5.41, 5.74) is 0. The fourth-order valence-electron chi connectivity index (χ4n) is 3.91. The van der Waals surface area contributed by atoms with Gasteiger partial charge in [-0.05, 0) is 64.0 Å². The minimum Gasteiger partial charge on any atom is -0.368 e. The Morgan fingerprint density at radius 3 is 2.63 bits per heavy atom. The average molecular weight is 266 g/mol. The third-order valence-electron chi connectivity index (χ3n) is 4.97. The summed E-state index contributed by atoms with van der Waals surface area (Å²) >= 11 is 0. The number of nitrogens with one attached hydrogen (secondary N) is 1. The number of hydrogen-bond donors (Lipinski definition) is 1. The van der Waals surface area contributed by atoms with Gasteiger partial charge in [-0.25, -0.2) is 0 Å². The predicted octanol–water partition coefficient (Wildman–Crippen LogP) is 1.55. The van der Waals surface area contributed by atoms with Crippen molar-refractivity contribution in [2.45, 2.75) is 57.1 Å². The van der Waals surface area contributed by atoms with Crippen molar-refractivity contribution in [3.05, 3.63) is 0 Å². The van der Waals surface area contributed by atoms with E-state index in [1.807, 2.05) is 0 Å². The van der Waals surface area contributed by atoms with Crippen LogP contribution in [0.5, 0.6) is 0 Å². The average Bonchev–Trinajstić information content (AvgIpc) is 2.98. The van der Waals surface area contributed by atoms with Crippen molar-refractivity contribution in [3.63, 3.8) is 0 Å². The van der Waals surface area contributed by atoms with E-state index in [1.165, 1.54) is 25.7 Å². The fraction of sp³-hybridized carbons (Fsp3) is 0.933. The number of carbonyl (C=O) groups is 1. The molecule has 3 rings (SSSR count). The number of amides is 1. The largest absolute Gasteiger partial charge is 0.368 e. The number of likely N-dealkylation sites (tertiary alicyclic amines) is 1. The Kier molecular flexibility index (Phi) is 4.38. The minimum absolute atomic E-state index is 0.143. The van der Waals surface area contributed by atoms with Crippen LogP contribution >= 0.6 is 0 Å². The normalized spacial score (nSPS) is 33.6. The van der Waals surface area contributed by atoms with Gasteiger partial charge in [0.1, 0.15) is 6.10 Å². The highest BCUT2D eigenvalue weighted by atomic mass is 16.5. The summed E-state index contributed by atoms with van der Waals surface area (Å²) in [6.45, 7) is 3.95. The molecule has 4 heteroatoms. The number of nitrogens with zero attached hydrogens (tertiary/aromatic N) is 1. The maximum absolute atomic E-state index is 12.6. The summed E-state index contributed by atoms with van der Waals surface area (Å²) in [6.07, 6.45) is 7.85. The molecule has 108 valence electrons. The molecule has 3 heterocycles. The molecule has 1 N–H and O–H groups in total. The zero-order valence-corrected chi connectivity index (χ0v) is 11.8. The Morgan fingerprint density at radius 1 is 1.05 bits per heavy atom. The van der Waals surface area contributed by atoms with Gasteiger partial charge in [0.25, 0.3) is 5.91 Å².